The van der Waals surface area contributed by atoms with E-state index in [9.17, 15) is 5.21 Å². The Morgan fingerprint density at radius 1 is 1.13 bits per heavy atom. The second-order valence-electron chi connectivity index (χ2n) is 6.18. The smallest absolute Gasteiger partial charge is 0.0368 e. The Balaban J connectivity index is 1.95. The lowest BCUT2D eigenvalue weighted by molar-refractivity contribution is -0.199. The van der Waals surface area contributed by atoms with E-state index in [4.69, 9.17) is 0 Å². The number of hydroxylamine groups is 2. The lowest BCUT2D eigenvalue weighted by atomic mass is 9.83. The van der Waals surface area contributed by atoms with Gasteiger partial charge in [-0.05, 0) is 46.5 Å². The Kier molecular flexibility index (Phi) is 3.06. The summed E-state index contributed by atoms with van der Waals surface area (Å²) < 4.78 is 0. The fourth-order valence-corrected chi connectivity index (χ4v) is 3.09. The molecule has 0 spiro atoms. The predicted octanol–water partition coefficient (Wildman–Crippen LogP) is 2.15. The molecule has 0 radical (unpaired) electrons. The molecule has 0 aromatic carbocycles. The van der Waals surface area contributed by atoms with Crippen LogP contribution in [-0.2, 0) is 0 Å². The van der Waals surface area contributed by atoms with Crippen molar-refractivity contribution < 1.29 is 5.21 Å². The molecule has 1 unspecified atom stereocenters. The van der Waals surface area contributed by atoms with Crippen LogP contribution >= 0.6 is 0 Å². The molecule has 2 fully saturated rings. The monoisotopic (exact) mass is 212 g/mol. The Hall–Kier alpha value is -0.120. The molecule has 2 bridgehead atoms. The topological polar surface area (TPSA) is 35.5 Å². The van der Waals surface area contributed by atoms with E-state index in [-0.39, 0.29) is 5.54 Å². The zero-order chi connectivity index (χ0) is 11.1. The molecule has 15 heavy (non-hydrogen) atoms. The van der Waals surface area contributed by atoms with Gasteiger partial charge in [0, 0.05) is 23.7 Å². The lowest BCUT2D eigenvalue weighted by Crippen LogP contribution is -2.57. The van der Waals surface area contributed by atoms with Gasteiger partial charge in [-0.15, -0.1) is 0 Å². The largest absolute Gasteiger partial charge is 0.313 e. The quantitative estimate of drug-likeness (QED) is 0.699. The van der Waals surface area contributed by atoms with Gasteiger partial charge in [0.25, 0.3) is 0 Å². The van der Waals surface area contributed by atoms with Crippen molar-refractivity contribution in [2.45, 2.75) is 76.5 Å². The fraction of sp³-hybridized carbons (Fsp3) is 1.00. The molecule has 0 aromatic rings. The van der Waals surface area contributed by atoms with Crippen molar-refractivity contribution in [2.24, 2.45) is 0 Å². The minimum Gasteiger partial charge on any atom is -0.313 e. The number of nitrogens with one attached hydrogen (secondary N) is 1. The maximum Gasteiger partial charge on any atom is 0.0368 e. The van der Waals surface area contributed by atoms with E-state index in [2.05, 4.69) is 26.1 Å². The van der Waals surface area contributed by atoms with Gasteiger partial charge >= 0.3 is 0 Å². The molecule has 2 saturated heterocycles. The van der Waals surface area contributed by atoms with Crippen LogP contribution in [-0.4, -0.2) is 33.9 Å². The van der Waals surface area contributed by atoms with Gasteiger partial charge in [0.15, 0.2) is 0 Å². The van der Waals surface area contributed by atoms with Gasteiger partial charge in [-0.1, -0.05) is 6.42 Å². The van der Waals surface area contributed by atoms with Gasteiger partial charge < -0.3 is 10.5 Å². The van der Waals surface area contributed by atoms with Crippen LogP contribution in [0.3, 0.4) is 0 Å². The van der Waals surface area contributed by atoms with E-state index in [1.165, 1.54) is 6.42 Å². The summed E-state index contributed by atoms with van der Waals surface area (Å²) in [5, 5.41) is 15.2. The van der Waals surface area contributed by atoms with Crippen molar-refractivity contribution in [2.75, 3.05) is 0 Å². The second kappa shape index (κ2) is 4.04. The summed E-state index contributed by atoms with van der Waals surface area (Å²) in [7, 11) is 0. The summed E-state index contributed by atoms with van der Waals surface area (Å²) in [6.45, 7) is 6.65. The molecular formula is C12H24N2O. The standard InChI is InChI=1S/C12H24N2O/c1-12(2,3)13-9-7-10-5-4-6-11(8-9)14(10)15/h9-11,13,15H,4-8H2,1-3H3/t9-,10-,11?/m0/s1. The van der Waals surface area contributed by atoms with Gasteiger partial charge in [-0.2, -0.15) is 5.06 Å². The first-order valence-corrected chi connectivity index (χ1v) is 6.20. The highest BCUT2D eigenvalue weighted by Crippen LogP contribution is 2.32. The van der Waals surface area contributed by atoms with Crippen LogP contribution in [0, 0.1) is 0 Å². The molecule has 3 nitrogen and oxygen atoms in total. The molecule has 2 rings (SSSR count). The Labute approximate surface area is 92.8 Å². The maximum absolute atomic E-state index is 9.91. The van der Waals surface area contributed by atoms with E-state index in [0.717, 1.165) is 25.7 Å². The fourth-order valence-electron chi connectivity index (χ4n) is 3.09. The first-order chi connectivity index (χ1) is 6.96. The van der Waals surface area contributed by atoms with Crippen LogP contribution in [0.5, 0.6) is 0 Å². The third kappa shape index (κ3) is 2.71. The van der Waals surface area contributed by atoms with Crippen molar-refractivity contribution in [1.29, 1.82) is 0 Å². The highest BCUT2D eigenvalue weighted by atomic mass is 16.5. The average molecular weight is 212 g/mol. The van der Waals surface area contributed by atoms with Crippen LogP contribution in [0.25, 0.3) is 0 Å². The third-order valence-electron chi connectivity index (χ3n) is 3.57. The zero-order valence-corrected chi connectivity index (χ0v) is 10.2. The first-order valence-electron chi connectivity index (χ1n) is 6.20. The van der Waals surface area contributed by atoms with E-state index in [1.807, 2.05) is 0 Å². The molecule has 2 aliphatic heterocycles. The van der Waals surface area contributed by atoms with E-state index in [1.54, 1.807) is 5.06 Å². The normalized spacial score (nSPS) is 38.0. The molecule has 0 saturated carbocycles. The molecule has 3 heteroatoms. The van der Waals surface area contributed by atoms with Gasteiger partial charge in [-0.25, -0.2) is 0 Å². The minimum atomic E-state index is 0.191. The SMILES string of the molecule is CC(C)(C)N[C@@H]1CC2CCC[C@@H](C1)N2O. The molecule has 2 N–H and O–H groups in total. The van der Waals surface area contributed by atoms with Crippen molar-refractivity contribution in [3.05, 3.63) is 0 Å². The number of piperidine rings is 2. The molecule has 3 atom stereocenters. The summed E-state index contributed by atoms with van der Waals surface area (Å²) in [5.41, 5.74) is 0.191. The predicted molar refractivity (Wildman–Crippen MR) is 61.0 cm³/mol. The third-order valence-corrected chi connectivity index (χ3v) is 3.57. The summed E-state index contributed by atoms with van der Waals surface area (Å²) in [6, 6.07) is 1.39. The van der Waals surface area contributed by atoms with Crippen LogP contribution in [0.2, 0.25) is 0 Å². The maximum atomic E-state index is 9.91. The van der Waals surface area contributed by atoms with Gasteiger partial charge in [0.2, 0.25) is 0 Å². The van der Waals surface area contributed by atoms with E-state index >= 15 is 0 Å². The van der Waals surface area contributed by atoms with Crippen LogP contribution in [0.15, 0.2) is 0 Å². The van der Waals surface area contributed by atoms with E-state index in [0.29, 0.717) is 18.1 Å². The summed E-state index contributed by atoms with van der Waals surface area (Å²) >= 11 is 0. The molecular weight excluding hydrogens is 188 g/mol. The molecule has 0 aliphatic carbocycles. The highest BCUT2D eigenvalue weighted by molar-refractivity contribution is 4.93. The minimum absolute atomic E-state index is 0.191. The Bertz CT molecular complexity index is 210. The molecule has 2 heterocycles. The molecule has 0 aromatic heterocycles. The summed E-state index contributed by atoms with van der Waals surface area (Å²) in [6.07, 6.45) is 5.81. The molecule has 2 aliphatic rings. The lowest BCUT2D eigenvalue weighted by Gasteiger charge is -2.46. The zero-order valence-electron chi connectivity index (χ0n) is 10.2. The van der Waals surface area contributed by atoms with Crippen molar-refractivity contribution in [3.8, 4) is 0 Å². The summed E-state index contributed by atoms with van der Waals surface area (Å²) in [5.74, 6) is 0. The number of hydrogen-bond donors (Lipinski definition) is 2. The van der Waals surface area contributed by atoms with E-state index < -0.39 is 0 Å². The Morgan fingerprint density at radius 2 is 1.67 bits per heavy atom. The van der Waals surface area contributed by atoms with Crippen LogP contribution in [0.1, 0.15) is 52.9 Å². The average Bonchev–Trinajstić information content (AvgIpc) is 2.04. The molecule has 88 valence electrons. The van der Waals surface area contributed by atoms with Crippen molar-refractivity contribution in [1.82, 2.24) is 10.4 Å². The van der Waals surface area contributed by atoms with Crippen LogP contribution in [0.4, 0.5) is 0 Å². The van der Waals surface area contributed by atoms with Crippen LogP contribution < -0.4 is 5.32 Å². The molecule has 0 amide bonds. The van der Waals surface area contributed by atoms with Crippen molar-refractivity contribution in [3.63, 3.8) is 0 Å². The highest BCUT2D eigenvalue weighted by Gasteiger charge is 2.38. The summed E-state index contributed by atoms with van der Waals surface area (Å²) in [4.78, 5) is 0. The number of fused-ring (bicyclic) bond motifs is 2. The first kappa shape index (κ1) is 11.4. The van der Waals surface area contributed by atoms with Crippen molar-refractivity contribution >= 4 is 0 Å². The van der Waals surface area contributed by atoms with Gasteiger partial charge in [0.1, 0.15) is 0 Å². The number of nitrogens with zero attached hydrogens (tertiary/aromatic N) is 1. The number of rotatable bonds is 1. The van der Waals surface area contributed by atoms with Gasteiger partial charge in [-0.3, -0.25) is 0 Å². The number of hydrogen-bond acceptors (Lipinski definition) is 3. The Morgan fingerprint density at radius 3 is 2.13 bits per heavy atom. The second-order valence-corrected chi connectivity index (χ2v) is 6.18. The van der Waals surface area contributed by atoms with Gasteiger partial charge in [0.05, 0.1) is 0 Å².